The van der Waals surface area contributed by atoms with Crippen molar-refractivity contribution in [2.45, 2.75) is 38.7 Å². The van der Waals surface area contributed by atoms with Crippen molar-refractivity contribution in [2.24, 2.45) is 0 Å². The number of methoxy groups -OCH3 is 2. The van der Waals surface area contributed by atoms with E-state index in [9.17, 15) is 14.7 Å². The van der Waals surface area contributed by atoms with E-state index in [1.54, 1.807) is 25.3 Å². The highest BCUT2D eigenvalue weighted by atomic mass is 16.5. The van der Waals surface area contributed by atoms with E-state index in [0.717, 1.165) is 16.7 Å². The lowest BCUT2D eigenvalue weighted by Gasteiger charge is -2.20. The Kier molecular flexibility index (Phi) is 7.45. The highest BCUT2D eigenvalue weighted by molar-refractivity contribution is 5.66. The van der Waals surface area contributed by atoms with E-state index in [4.69, 9.17) is 23.7 Å². The Morgan fingerprint density at radius 3 is 2.38 bits per heavy atom. The number of aromatic hydroxyl groups is 1. The van der Waals surface area contributed by atoms with Gasteiger partial charge in [-0.15, -0.1) is 0 Å². The minimum Gasteiger partial charge on any atom is -0.504 e. The molecule has 0 fully saturated rings. The highest BCUT2D eigenvalue weighted by Crippen LogP contribution is 2.51. The van der Waals surface area contributed by atoms with Crippen LogP contribution in [0.3, 0.4) is 0 Å². The zero-order chi connectivity index (χ0) is 23.3. The quantitative estimate of drug-likeness (QED) is 0.462. The number of ether oxygens (including phenoxy) is 5. The van der Waals surface area contributed by atoms with Gasteiger partial charge in [-0.2, -0.15) is 0 Å². The minimum atomic E-state index is -0.468. The second-order valence-corrected chi connectivity index (χ2v) is 7.54. The third-order valence-electron chi connectivity index (χ3n) is 5.29. The number of hydrogen-bond donors (Lipinski definition) is 1. The van der Waals surface area contributed by atoms with E-state index in [2.05, 4.69) is 0 Å². The number of carbonyl (C=O) groups excluding carboxylic acids is 2. The summed E-state index contributed by atoms with van der Waals surface area (Å²) in [5.74, 6) is 0.535. The Balaban J connectivity index is 1.94. The number of rotatable bonds is 9. The maximum absolute atomic E-state index is 11.5. The number of carbonyl (C=O) groups is 2. The van der Waals surface area contributed by atoms with Crippen molar-refractivity contribution in [1.82, 2.24) is 0 Å². The molecule has 1 aliphatic rings. The van der Waals surface area contributed by atoms with Crippen LogP contribution in [0.1, 0.15) is 49.0 Å². The summed E-state index contributed by atoms with van der Waals surface area (Å²) in [7, 11) is 3.05. The third-order valence-corrected chi connectivity index (χ3v) is 5.29. The first-order valence-corrected chi connectivity index (χ1v) is 10.3. The summed E-state index contributed by atoms with van der Waals surface area (Å²) in [6.07, 6.45) is 0.869. The van der Waals surface area contributed by atoms with Gasteiger partial charge >= 0.3 is 11.9 Å². The fourth-order valence-corrected chi connectivity index (χ4v) is 3.80. The molecule has 32 heavy (non-hydrogen) atoms. The second-order valence-electron chi connectivity index (χ2n) is 7.54. The van der Waals surface area contributed by atoms with E-state index in [1.165, 1.54) is 21.0 Å². The van der Waals surface area contributed by atoms with Gasteiger partial charge in [0.1, 0.15) is 12.7 Å². The van der Waals surface area contributed by atoms with Crippen LogP contribution in [0.2, 0.25) is 0 Å². The normalized spacial score (nSPS) is 16.6. The molecule has 1 heterocycles. The largest absolute Gasteiger partial charge is 0.504 e. The lowest BCUT2D eigenvalue weighted by molar-refractivity contribution is -0.142. The van der Waals surface area contributed by atoms with E-state index in [0.29, 0.717) is 36.7 Å². The van der Waals surface area contributed by atoms with Gasteiger partial charge in [0.05, 0.1) is 26.7 Å². The molecule has 1 aliphatic heterocycles. The summed E-state index contributed by atoms with van der Waals surface area (Å²) in [6, 6.07) is 8.91. The number of phenolic OH excluding ortho intramolecular Hbond substituents is 1. The van der Waals surface area contributed by atoms with Crippen LogP contribution in [0.25, 0.3) is 0 Å². The molecule has 0 radical (unpaired) electrons. The summed E-state index contributed by atoms with van der Waals surface area (Å²) in [5.41, 5.74) is 2.63. The van der Waals surface area contributed by atoms with Crippen LogP contribution in [0, 0.1) is 0 Å². The van der Waals surface area contributed by atoms with Crippen molar-refractivity contribution >= 4 is 11.9 Å². The zero-order valence-electron chi connectivity index (χ0n) is 18.7. The first kappa shape index (κ1) is 23.2. The zero-order valence-corrected chi connectivity index (χ0v) is 18.7. The van der Waals surface area contributed by atoms with Gasteiger partial charge < -0.3 is 28.8 Å². The Morgan fingerprint density at radius 1 is 1.00 bits per heavy atom. The van der Waals surface area contributed by atoms with Crippen LogP contribution in [0.4, 0.5) is 0 Å². The Labute approximate surface area is 187 Å². The monoisotopic (exact) mass is 444 g/mol. The maximum atomic E-state index is 11.5. The third kappa shape index (κ3) is 5.25. The molecule has 0 bridgehead atoms. The van der Waals surface area contributed by atoms with Gasteiger partial charge in [-0.25, -0.2) is 0 Å². The molecule has 0 saturated carbocycles. The van der Waals surface area contributed by atoms with Crippen molar-refractivity contribution < 1.29 is 38.4 Å². The molecule has 0 spiro atoms. The molecule has 0 aliphatic carbocycles. The van der Waals surface area contributed by atoms with Crippen molar-refractivity contribution in [2.75, 3.05) is 27.4 Å². The molecule has 2 aromatic rings. The SMILES string of the molecule is COc1cc([C@@H]2Oc3c(OC)cc(CCCOC(C)=O)cc3[C@@H]2COC(C)=O)ccc1O. The fourth-order valence-electron chi connectivity index (χ4n) is 3.80. The number of aryl methyl sites for hydroxylation is 1. The molecule has 0 aromatic heterocycles. The Bertz CT molecular complexity index is 984. The molecule has 0 unspecified atom stereocenters. The summed E-state index contributed by atoms with van der Waals surface area (Å²) in [6.45, 7) is 3.20. The molecule has 0 saturated heterocycles. The predicted molar refractivity (Wildman–Crippen MR) is 115 cm³/mol. The van der Waals surface area contributed by atoms with Gasteiger partial charge in [0.25, 0.3) is 0 Å². The molecule has 3 rings (SSSR count). The summed E-state index contributed by atoms with van der Waals surface area (Å²) in [4.78, 5) is 22.5. The van der Waals surface area contributed by atoms with Gasteiger partial charge in [0.2, 0.25) is 0 Å². The van der Waals surface area contributed by atoms with E-state index in [-0.39, 0.29) is 30.2 Å². The fraction of sp³-hybridized carbons (Fsp3) is 0.417. The number of fused-ring (bicyclic) bond motifs is 1. The standard InChI is InChI=1S/C24H28O8/c1-14(25)30-9-5-6-16-10-18-19(13-31-15(2)26)23(32-24(18)22(11-16)29-4)17-7-8-20(27)21(12-17)28-3/h7-8,10-12,19,23,27H,5-6,9,13H2,1-4H3/t19-,23-/m0/s1. The average molecular weight is 444 g/mol. The van der Waals surface area contributed by atoms with E-state index in [1.807, 2.05) is 12.1 Å². The first-order valence-electron chi connectivity index (χ1n) is 10.3. The van der Waals surface area contributed by atoms with Crippen LogP contribution in [0.15, 0.2) is 30.3 Å². The molecule has 8 heteroatoms. The van der Waals surface area contributed by atoms with Gasteiger partial charge in [0.15, 0.2) is 23.0 Å². The lowest BCUT2D eigenvalue weighted by Crippen LogP contribution is -2.17. The number of phenols is 1. The summed E-state index contributed by atoms with van der Waals surface area (Å²) < 4.78 is 27.5. The Hall–Kier alpha value is -3.42. The summed E-state index contributed by atoms with van der Waals surface area (Å²) in [5, 5.41) is 9.96. The molecule has 1 N–H and O–H groups in total. The number of benzene rings is 2. The van der Waals surface area contributed by atoms with Gasteiger partial charge in [-0.05, 0) is 42.2 Å². The van der Waals surface area contributed by atoms with Crippen molar-refractivity contribution in [3.8, 4) is 23.0 Å². The molecular weight excluding hydrogens is 416 g/mol. The highest BCUT2D eigenvalue weighted by Gasteiger charge is 2.39. The van der Waals surface area contributed by atoms with Gasteiger partial charge in [0, 0.05) is 19.4 Å². The predicted octanol–water partition coefficient (Wildman–Crippen LogP) is 3.69. The number of hydrogen-bond acceptors (Lipinski definition) is 8. The van der Waals surface area contributed by atoms with Crippen LogP contribution >= 0.6 is 0 Å². The molecule has 8 nitrogen and oxygen atoms in total. The molecule has 172 valence electrons. The molecule has 0 amide bonds. The van der Waals surface area contributed by atoms with Crippen LogP contribution in [-0.2, 0) is 25.5 Å². The first-order chi connectivity index (χ1) is 15.3. The lowest BCUT2D eigenvalue weighted by atomic mass is 9.90. The van der Waals surface area contributed by atoms with Crippen LogP contribution in [-0.4, -0.2) is 44.5 Å². The Morgan fingerprint density at radius 2 is 1.72 bits per heavy atom. The van der Waals surface area contributed by atoms with Crippen molar-refractivity contribution in [3.05, 3.63) is 47.0 Å². The van der Waals surface area contributed by atoms with Crippen LogP contribution < -0.4 is 14.2 Å². The van der Waals surface area contributed by atoms with E-state index >= 15 is 0 Å². The second kappa shape index (κ2) is 10.3. The van der Waals surface area contributed by atoms with Gasteiger partial charge in [-0.1, -0.05) is 12.1 Å². The van der Waals surface area contributed by atoms with E-state index < -0.39 is 6.10 Å². The minimum absolute atomic E-state index is 0.0240. The number of esters is 2. The molecule has 2 aromatic carbocycles. The summed E-state index contributed by atoms with van der Waals surface area (Å²) >= 11 is 0. The molecule has 2 atom stereocenters. The van der Waals surface area contributed by atoms with Gasteiger partial charge in [-0.3, -0.25) is 9.59 Å². The average Bonchev–Trinajstić information content (AvgIpc) is 3.13. The topological polar surface area (TPSA) is 101 Å². The van der Waals surface area contributed by atoms with Crippen molar-refractivity contribution in [3.63, 3.8) is 0 Å². The molecular formula is C24H28O8. The smallest absolute Gasteiger partial charge is 0.302 e. The van der Waals surface area contributed by atoms with Crippen LogP contribution in [0.5, 0.6) is 23.0 Å². The maximum Gasteiger partial charge on any atom is 0.302 e. The van der Waals surface area contributed by atoms with Crippen molar-refractivity contribution in [1.29, 1.82) is 0 Å².